The zero-order valence-corrected chi connectivity index (χ0v) is 20.5. The van der Waals surface area contributed by atoms with Crippen LogP contribution >= 0.6 is 0 Å². The van der Waals surface area contributed by atoms with E-state index in [2.05, 4.69) is 57.9 Å². The van der Waals surface area contributed by atoms with Crippen LogP contribution in [0.5, 0.6) is 0 Å². The molecule has 1 N–H and O–H groups in total. The summed E-state index contributed by atoms with van der Waals surface area (Å²) in [5, 5.41) is 3.20. The second-order valence-electron chi connectivity index (χ2n) is 9.60. The highest BCUT2D eigenvalue weighted by atomic mass is 16.4. The lowest BCUT2D eigenvalue weighted by atomic mass is 9.82. The summed E-state index contributed by atoms with van der Waals surface area (Å²) in [5.41, 5.74) is 5.19. The van der Waals surface area contributed by atoms with Crippen LogP contribution in [0.2, 0.25) is 0 Å². The van der Waals surface area contributed by atoms with Gasteiger partial charge in [0.25, 0.3) is 11.9 Å². The number of para-hydroxylation sites is 1. The number of aliphatic imine (C=N–C) groups is 1. The van der Waals surface area contributed by atoms with E-state index in [-0.39, 0.29) is 11.9 Å². The highest BCUT2D eigenvalue weighted by molar-refractivity contribution is 6.06. The molecule has 2 heterocycles. The molecule has 2 aromatic carbocycles. The summed E-state index contributed by atoms with van der Waals surface area (Å²) in [6, 6.07) is 16.7. The van der Waals surface area contributed by atoms with Gasteiger partial charge in [-0.15, -0.1) is 0 Å². The lowest BCUT2D eigenvalue weighted by Gasteiger charge is -2.33. The van der Waals surface area contributed by atoms with Gasteiger partial charge in [0.15, 0.2) is 5.58 Å². The van der Waals surface area contributed by atoms with E-state index < -0.39 is 0 Å². The molecule has 0 radical (unpaired) electrons. The number of aromatic nitrogens is 1. The number of hydrogen-bond donors (Lipinski definition) is 1. The Balaban J connectivity index is 1.26. The summed E-state index contributed by atoms with van der Waals surface area (Å²) in [6.45, 7) is 10.8. The van der Waals surface area contributed by atoms with E-state index in [1.807, 2.05) is 24.3 Å². The summed E-state index contributed by atoms with van der Waals surface area (Å²) < 4.78 is 6.09. The lowest BCUT2D eigenvalue weighted by Crippen LogP contribution is -2.46. The molecule has 182 valence electrons. The fourth-order valence-electron chi connectivity index (χ4n) is 5.10. The first kappa shape index (κ1) is 23.3. The van der Waals surface area contributed by atoms with Crippen molar-refractivity contribution in [2.24, 2.45) is 10.9 Å². The van der Waals surface area contributed by atoms with Crippen LogP contribution in [0.15, 0.2) is 70.1 Å². The Morgan fingerprint density at radius 1 is 1.14 bits per heavy atom. The van der Waals surface area contributed by atoms with Crippen molar-refractivity contribution >= 4 is 28.7 Å². The number of fused-ring (bicyclic) bond motifs is 1. The number of nitrogens with zero attached hydrogens (tertiary/aromatic N) is 4. The van der Waals surface area contributed by atoms with E-state index in [1.54, 1.807) is 7.05 Å². The van der Waals surface area contributed by atoms with Gasteiger partial charge in [0.05, 0.1) is 5.56 Å². The molecule has 0 bridgehead atoms. The molecule has 2 atom stereocenters. The van der Waals surface area contributed by atoms with Crippen LogP contribution in [0, 0.1) is 5.92 Å². The predicted molar refractivity (Wildman–Crippen MR) is 140 cm³/mol. The first-order valence-electron chi connectivity index (χ1n) is 12.4. The van der Waals surface area contributed by atoms with Gasteiger partial charge in [0.1, 0.15) is 5.52 Å². The minimum Gasteiger partial charge on any atom is -0.423 e. The molecule has 35 heavy (non-hydrogen) atoms. The molecule has 1 aromatic heterocycles. The average Bonchev–Trinajstić information content (AvgIpc) is 3.31. The Kier molecular flexibility index (Phi) is 6.68. The van der Waals surface area contributed by atoms with Crippen LogP contribution in [0.25, 0.3) is 11.1 Å². The molecule has 7 heteroatoms. The molecule has 5 rings (SSSR count). The van der Waals surface area contributed by atoms with Crippen molar-refractivity contribution in [3.8, 4) is 0 Å². The van der Waals surface area contributed by atoms with Gasteiger partial charge < -0.3 is 14.6 Å². The molecule has 1 aliphatic heterocycles. The molecule has 0 spiro atoms. The maximum atomic E-state index is 13.2. The van der Waals surface area contributed by atoms with Crippen molar-refractivity contribution in [2.45, 2.75) is 32.4 Å². The van der Waals surface area contributed by atoms with E-state index in [0.717, 1.165) is 50.4 Å². The van der Waals surface area contributed by atoms with Gasteiger partial charge in [-0.25, -0.2) is 0 Å². The molecule has 1 saturated heterocycles. The number of anilines is 1. The Bertz CT molecular complexity index is 1240. The van der Waals surface area contributed by atoms with E-state index in [0.29, 0.717) is 35.0 Å². The van der Waals surface area contributed by atoms with Crippen molar-refractivity contribution in [1.82, 2.24) is 15.2 Å². The van der Waals surface area contributed by atoms with E-state index in [4.69, 9.17) is 9.40 Å². The summed E-state index contributed by atoms with van der Waals surface area (Å²) in [6.07, 6.45) is 1.57. The largest absolute Gasteiger partial charge is 0.423 e. The Morgan fingerprint density at radius 2 is 1.91 bits per heavy atom. The fraction of sp³-hybridized carbons (Fsp3) is 0.393. The monoisotopic (exact) mass is 471 g/mol. The summed E-state index contributed by atoms with van der Waals surface area (Å²) >= 11 is 0. The van der Waals surface area contributed by atoms with Crippen LogP contribution in [-0.2, 0) is 6.54 Å². The van der Waals surface area contributed by atoms with Crippen LogP contribution in [0.4, 0.5) is 6.01 Å². The van der Waals surface area contributed by atoms with E-state index in [9.17, 15) is 4.79 Å². The number of hydrogen-bond acceptors (Lipinski definition) is 6. The standard InChI is InChI=1S/C28H33N5O2/c1-19-16-22(17-24(29-3)20(19)2)30-27(34)23-10-7-11-25-26(23)31-28(35-25)33-14-12-32(13-15-33)18-21-8-5-4-6-9-21/h4-11,19,22H,2,12-18H2,1,3H3,(H,30,34). The summed E-state index contributed by atoms with van der Waals surface area (Å²) in [5.74, 6) is 0.172. The molecule has 2 fully saturated rings. The maximum absolute atomic E-state index is 13.2. The minimum atomic E-state index is -0.122. The molecule has 7 nitrogen and oxygen atoms in total. The van der Waals surface area contributed by atoms with Crippen LogP contribution in [0.3, 0.4) is 0 Å². The highest BCUT2D eigenvalue weighted by Gasteiger charge is 2.29. The quantitative estimate of drug-likeness (QED) is 0.600. The van der Waals surface area contributed by atoms with Gasteiger partial charge in [-0.1, -0.05) is 49.9 Å². The van der Waals surface area contributed by atoms with Crippen LogP contribution in [0.1, 0.15) is 35.7 Å². The number of rotatable bonds is 5. The SMILES string of the molecule is C=C1C(=NC)CC(NC(=O)c2cccc3oc(N4CCN(Cc5ccccc5)CC4)nc23)CC1C. The first-order chi connectivity index (χ1) is 17.0. The second-order valence-corrected chi connectivity index (χ2v) is 9.60. The van der Waals surface area contributed by atoms with E-state index >= 15 is 0 Å². The predicted octanol–water partition coefficient (Wildman–Crippen LogP) is 4.31. The molecule has 2 aliphatic rings. The third-order valence-corrected chi connectivity index (χ3v) is 7.19. The molecule has 1 aliphatic carbocycles. The van der Waals surface area contributed by atoms with Crippen molar-refractivity contribution < 1.29 is 9.21 Å². The molecule has 1 saturated carbocycles. The topological polar surface area (TPSA) is 74.0 Å². The van der Waals surface area contributed by atoms with Crippen molar-refractivity contribution in [3.05, 3.63) is 71.8 Å². The van der Waals surface area contributed by atoms with Crippen molar-refractivity contribution in [1.29, 1.82) is 0 Å². The third-order valence-electron chi connectivity index (χ3n) is 7.19. The number of carbonyl (C=O) groups is 1. The average molecular weight is 472 g/mol. The Morgan fingerprint density at radius 3 is 2.66 bits per heavy atom. The van der Waals surface area contributed by atoms with Gasteiger partial charge in [-0.05, 0) is 35.6 Å². The second kappa shape index (κ2) is 10.0. The molecule has 1 amide bonds. The molecule has 2 unspecified atom stereocenters. The number of piperazine rings is 1. The zero-order chi connectivity index (χ0) is 24.4. The normalized spacial score (nSPS) is 22.6. The van der Waals surface area contributed by atoms with Gasteiger partial charge in [0.2, 0.25) is 0 Å². The lowest BCUT2D eigenvalue weighted by molar-refractivity contribution is 0.0934. The van der Waals surface area contributed by atoms with Crippen molar-refractivity contribution in [3.63, 3.8) is 0 Å². The van der Waals surface area contributed by atoms with Gasteiger partial charge in [0, 0.05) is 57.9 Å². The third kappa shape index (κ3) is 5.00. The maximum Gasteiger partial charge on any atom is 0.298 e. The Hall–Kier alpha value is -3.45. The smallest absolute Gasteiger partial charge is 0.298 e. The Labute approximate surface area is 206 Å². The van der Waals surface area contributed by atoms with Crippen LogP contribution in [-0.4, -0.2) is 60.8 Å². The summed E-state index contributed by atoms with van der Waals surface area (Å²) in [4.78, 5) is 27.0. The first-order valence-corrected chi connectivity index (χ1v) is 12.4. The highest BCUT2D eigenvalue weighted by Crippen LogP contribution is 2.28. The number of carbonyl (C=O) groups excluding carboxylic acids is 1. The van der Waals surface area contributed by atoms with Crippen molar-refractivity contribution in [2.75, 3.05) is 38.1 Å². The summed E-state index contributed by atoms with van der Waals surface area (Å²) in [7, 11) is 1.79. The fourth-order valence-corrected chi connectivity index (χ4v) is 5.10. The number of allylic oxidation sites excluding steroid dienone is 1. The minimum absolute atomic E-state index is 0.0287. The molecule has 3 aromatic rings. The number of nitrogens with one attached hydrogen (secondary N) is 1. The van der Waals surface area contributed by atoms with E-state index in [1.165, 1.54) is 5.56 Å². The zero-order valence-electron chi connectivity index (χ0n) is 20.5. The van der Waals surface area contributed by atoms with Gasteiger partial charge >= 0.3 is 0 Å². The van der Waals surface area contributed by atoms with Gasteiger partial charge in [-0.3, -0.25) is 14.7 Å². The molecular formula is C28H33N5O2. The molecular weight excluding hydrogens is 438 g/mol. The van der Waals surface area contributed by atoms with Gasteiger partial charge in [-0.2, -0.15) is 4.98 Å². The van der Waals surface area contributed by atoms with Crippen LogP contribution < -0.4 is 10.2 Å². The number of benzene rings is 2. The number of oxazole rings is 1. The number of amides is 1.